The fraction of sp³-hybridized carbons (Fsp3) is 0.429. The van der Waals surface area contributed by atoms with Crippen molar-refractivity contribution in [1.29, 1.82) is 0 Å². The van der Waals surface area contributed by atoms with Crippen molar-refractivity contribution < 1.29 is 9.53 Å². The normalized spacial score (nSPS) is 17.9. The minimum atomic E-state index is -0.181. The van der Waals surface area contributed by atoms with Crippen molar-refractivity contribution in [3.05, 3.63) is 59.4 Å². The molecule has 0 spiro atoms. The number of rotatable bonds is 5. The third-order valence-corrected chi connectivity index (χ3v) is 5.34. The average Bonchev–Trinajstić information content (AvgIpc) is 3.18. The van der Waals surface area contributed by atoms with E-state index in [-0.39, 0.29) is 12.1 Å². The van der Waals surface area contributed by atoms with Crippen molar-refractivity contribution >= 4 is 11.7 Å². The van der Waals surface area contributed by atoms with Crippen LogP contribution in [0.2, 0.25) is 0 Å². The Hall–Kier alpha value is -2.44. The second kappa shape index (κ2) is 8.50. The number of piperidine rings is 1. The lowest BCUT2D eigenvalue weighted by molar-refractivity contribution is 0.134. The van der Waals surface area contributed by atoms with Crippen LogP contribution < -0.4 is 10.6 Å². The van der Waals surface area contributed by atoms with Crippen LogP contribution in [-0.4, -0.2) is 35.5 Å². The van der Waals surface area contributed by atoms with Crippen LogP contribution in [0.25, 0.3) is 0 Å². The Kier molecular flexibility index (Phi) is 5.65. The van der Waals surface area contributed by atoms with E-state index in [1.807, 2.05) is 30.5 Å². The molecule has 27 heavy (non-hydrogen) atoms. The zero-order valence-corrected chi connectivity index (χ0v) is 15.5. The molecule has 0 saturated carbocycles. The van der Waals surface area contributed by atoms with E-state index in [4.69, 9.17) is 4.74 Å². The summed E-state index contributed by atoms with van der Waals surface area (Å²) in [6.07, 6.45) is 7.39. The van der Waals surface area contributed by atoms with Crippen LogP contribution in [0.4, 0.5) is 10.5 Å². The van der Waals surface area contributed by atoms with Gasteiger partial charge >= 0.3 is 6.03 Å². The standard InChI is InChI=1S/C21H26N4O2/c26-21(24-19-7-6-17-14-27-15-18(17)11-19)23-13-20(16-5-4-8-22-12-16)25-9-2-1-3-10-25/h4-8,11-12,20H,1-3,9-10,13-15H2,(H2,23,24,26). The maximum atomic E-state index is 12.4. The van der Waals surface area contributed by atoms with Crippen LogP contribution in [0.15, 0.2) is 42.7 Å². The van der Waals surface area contributed by atoms with Gasteiger partial charge in [0.05, 0.1) is 19.3 Å². The number of nitrogens with one attached hydrogen (secondary N) is 2. The SMILES string of the molecule is O=C(NCC(c1cccnc1)N1CCCCC1)Nc1ccc2c(c1)COC2. The Morgan fingerprint density at radius 3 is 2.81 bits per heavy atom. The van der Waals surface area contributed by atoms with E-state index >= 15 is 0 Å². The van der Waals surface area contributed by atoms with Crippen molar-refractivity contribution in [3.63, 3.8) is 0 Å². The zero-order chi connectivity index (χ0) is 18.5. The number of urea groups is 1. The van der Waals surface area contributed by atoms with Crippen LogP contribution >= 0.6 is 0 Å². The summed E-state index contributed by atoms with van der Waals surface area (Å²) in [5.41, 5.74) is 4.29. The van der Waals surface area contributed by atoms with Gasteiger partial charge in [-0.2, -0.15) is 0 Å². The van der Waals surface area contributed by atoms with Crippen LogP contribution in [0.1, 0.15) is 42.0 Å². The summed E-state index contributed by atoms with van der Waals surface area (Å²) in [4.78, 5) is 19.2. The lowest BCUT2D eigenvalue weighted by Gasteiger charge is -2.34. The monoisotopic (exact) mass is 366 g/mol. The van der Waals surface area contributed by atoms with Crippen molar-refractivity contribution in [3.8, 4) is 0 Å². The molecule has 0 bridgehead atoms. The minimum Gasteiger partial charge on any atom is -0.372 e. The maximum Gasteiger partial charge on any atom is 0.319 e. The summed E-state index contributed by atoms with van der Waals surface area (Å²) in [5, 5.41) is 5.99. The van der Waals surface area contributed by atoms with E-state index in [0.29, 0.717) is 19.8 Å². The molecule has 0 radical (unpaired) electrons. The van der Waals surface area contributed by atoms with Gasteiger partial charge in [0, 0.05) is 24.6 Å². The van der Waals surface area contributed by atoms with E-state index in [0.717, 1.165) is 29.9 Å². The molecule has 1 unspecified atom stereocenters. The summed E-state index contributed by atoms with van der Waals surface area (Å²) in [6, 6.07) is 9.95. The second-order valence-electron chi connectivity index (χ2n) is 7.21. The summed E-state index contributed by atoms with van der Waals surface area (Å²) in [5.74, 6) is 0. The maximum absolute atomic E-state index is 12.4. The van der Waals surface area contributed by atoms with E-state index in [1.54, 1.807) is 6.20 Å². The van der Waals surface area contributed by atoms with Gasteiger partial charge in [0.15, 0.2) is 0 Å². The number of aromatic nitrogens is 1. The Morgan fingerprint density at radius 2 is 2.00 bits per heavy atom. The number of anilines is 1. The molecule has 6 nitrogen and oxygen atoms in total. The summed E-state index contributed by atoms with van der Waals surface area (Å²) in [7, 11) is 0. The molecular weight excluding hydrogens is 340 g/mol. The van der Waals surface area contributed by atoms with Crippen molar-refractivity contribution in [2.24, 2.45) is 0 Å². The average molecular weight is 366 g/mol. The number of carbonyl (C=O) groups excluding carboxylic acids is 1. The first kappa shape index (κ1) is 17.9. The van der Waals surface area contributed by atoms with Crippen LogP contribution in [0.3, 0.4) is 0 Å². The Morgan fingerprint density at radius 1 is 1.15 bits per heavy atom. The van der Waals surface area contributed by atoms with Gasteiger partial charge in [0.1, 0.15) is 0 Å². The Balaban J connectivity index is 1.38. The Labute approximate surface area is 159 Å². The molecule has 2 N–H and O–H groups in total. The number of nitrogens with zero attached hydrogens (tertiary/aromatic N) is 2. The van der Waals surface area contributed by atoms with E-state index in [9.17, 15) is 4.79 Å². The smallest absolute Gasteiger partial charge is 0.319 e. The third-order valence-electron chi connectivity index (χ3n) is 5.34. The number of carbonyl (C=O) groups is 1. The number of ether oxygens (including phenoxy) is 1. The molecule has 2 amide bonds. The summed E-state index contributed by atoms with van der Waals surface area (Å²) < 4.78 is 5.43. The molecule has 1 aromatic carbocycles. The number of hydrogen-bond acceptors (Lipinski definition) is 4. The van der Waals surface area contributed by atoms with Gasteiger partial charge in [0.25, 0.3) is 0 Å². The van der Waals surface area contributed by atoms with Crippen LogP contribution in [0.5, 0.6) is 0 Å². The molecule has 1 fully saturated rings. The number of hydrogen-bond donors (Lipinski definition) is 2. The molecule has 3 heterocycles. The molecule has 0 aliphatic carbocycles. The van der Waals surface area contributed by atoms with Crippen molar-refractivity contribution in [1.82, 2.24) is 15.2 Å². The predicted molar refractivity (Wildman–Crippen MR) is 104 cm³/mol. The van der Waals surface area contributed by atoms with Crippen LogP contribution in [0, 0.1) is 0 Å². The highest BCUT2D eigenvalue weighted by atomic mass is 16.5. The minimum absolute atomic E-state index is 0.151. The molecule has 4 rings (SSSR count). The fourth-order valence-corrected chi connectivity index (χ4v) is 3.88. The molecule has 6 heteroatoms. The summed E-state index contributed by atoms with van der Waals surface area (Å²) in [6.45, 7) is 3.96. The lowest BCUT2D eigenvalue weighted by Crippen LogP contribution is -2.41. The molecule has 142 valence electrons. The van der Waals surface area contributed by atoms with Crippen molar-refractivity contribution in [2.75, 3.05) is 25.0 Å². The fourth-order valence-electron chi connectivity index (χ4n) is 3.88. The molecule has 2 aromatic rings. The molecule has 1 saturated heterocycles. The number of benzene rings is 1. The van der Waals surface area contributed by atoms with Gasteiger partial charge in [-0.15, -0.1) is 0 Å². The van der Waals surface area contributed by atoms with E-state index in [1.165, 1.54) is 24.8 Å². The highest BCUT2D eigenvalue weighted by Crippen LogP contribution is 2.24. The van der Waals surface area contributed by atoms with E-state index < -0.39 is 0 Å². The highest BCUT2D eigenvalue weighted by molar-refractivity contribution is 5.89. The molecule has 1 aromatic heterocycles. The van der Waals surface area contributed by atoms with Crippen molar-refractivity contribution in [2.45, 2.75) is 38.5 Å². The quantitative estimate of drug-likeness (QED) is 0.850. The molecular formula is C21H26N4O2. The van der Waals surface area contributed by atoms with Gasteiger partial charge < -0.3 is 15.4 Å². The topological polar surface area (TPSA) is 66.5 Å². The number of pyridine rings is 1. The second-order valence-corrected chi connectivity index (χ2v) is 7.21. The predicted octanol–water partition coefficient (Wildman–Crippen LogP) is 3.46. The molecule has 2 aliphatic rings. The first-order valence-corrected chi connectivity index (χ1v) is 9.68. The van der Waals surface area contributed by atoms with Gasteiger partial charge in [-0.1, -0.05) is 18.6 Å². The van der Waals surface area contributed by atoms with Gasteiger partial charge in [-0.25, -0.2) is 4.79 Å². The van der Waals surface area contributed by atoms with Gasteiger partial charge in [0.2, 0.25) is 0 Å². The number of likely N-dealkylation sites (tertiary alicyclic amines) is 1. The zero-order valence-electron chi connectivity index (χ0n) is 15.5. The first-order valence-electron chi connectivity index (χ1n) is 9.68. The van der Waals surface area contributed by atoms with Gasteiger partial charge in [-0.05, 0) is 60.8 Å². The number of fused-ring (bicyclic) bond motifs is 1. The molecule has 2 aliphatic heterocycles. The first-order chi connectivity index (χ1) is 13.3. The Bertz CT molecular complexity index is 775. The van der Waals surface area contributed by atoms with E-state index in [2.05, 4.69) is 26.6 Å². The number of amides is 2. The highest BCUT2D eigenvalue weighted by Gasteiger charge is 2.23. The molecule has 1 atom stereocenters. The lowest BCUT2D eigenvalue weighted by atomic mass is 10.0. The van der Waals surface area contributed by atoms with Gasteiger partial charge in [-0.3, -0.25) is 9.88 Å². The summed E-state index contributed by atoms with van der Waals surface area (Å²) >= 11 is 0. The third kappa shape index (κ3) is 4.46. The van der Waals surface area contributed by atoms with Crippen LogP contribution in [-0.2, 0) is 18.0 Å². The largest absolute Gasteiger partial charge is 0.372 e.